The maximum Gasteiger partial charge on any atom is 0.279 e. The van der Waals surface area contributed by atoms with Crippen LogP contribution in [0.15, 0.2) is 29.0 Å². The Hall–Kier alpha value is -2.89. The van der Waals surface area contributed by atoms with E-state index in [9.17, 15) is 0 Å². The van der Waals surface area contributed by atoms with E-state index in [2.05, 4.69) is 51.6 Å². The first-order valence-corrected chi connectivity index (χ1v) is 11.5. The maximum atomic E-state index is 5.69. The monoisotopic (exact) mass is 434 g/mol. The summed E-state index contributed by atoms with van der Waals surface area (Å²) < 4.78 is 13.2. The zero-order chi connectivity index (χ0) is 23.0. The van der Waals surface area contributed by atoms with Gasteiger partial charge >= 0.3 is 0 Å². The van der Waals surface area contributed by atoms with E-state index in [-0.39, 0.29) is 0 Å². The van der Waals surface area contributed by atoms with E-state index in [1.165, 1.54) is 27.9 Å². The van der Waals surface area contributed by atoms with Crippen molar-refractivity contribution in [2.75, 3.05) is 6.61 Å². The molecule has 0 N–H and O–H groups in total. The van der Waals surface area contributed by atoms with Gasteiger partial charge in [-0.1, -0.05) is 25.6 Å². The molecule has 170 valence electrons. The van der Waals surface area contributed by atoms with Gasteiger partial charge in [0.05, 0.1) is 12.4 Å². The number of aromatic nitrogens is 4. The van der Waals surface area contributed by atoms with Gasteiger partial charge in [0.2, 0.25) is 5.82 Å². The number of fused-ring (bicyclic) bond motifs is 1. The fourth-order valence-corrected chi connectivity index (χ4v) is 4.76. The molecule has 0 amide bonds. The second-order valence-electron chi connectivity index (χ2n) is 9.72. The van der Waals surface area contributed by atoms with Crippen LogP contribution in [0.3, 0.4) is 0 Å². The van der Waals surface area contributed by atoms with E-state index in [4.69, 9.17) is 19.3 Å². The first kappa shape index (κ1) is 22.3. The van der Waals surface area contributed by atoms with Gasteiger partial charge < -0.3 is 9.26 Å². The summed E-state index contributed by atoms with van der Waals surface area (Å²) in [6.45, 7) is 15.5. The molecule has 0 aliphatic heterocycles. The summed E-state index contributed by atoms with van der Waals surface area (Å²) in [6.07, 6.45) is 4.87. The van der Waals surface area contributed by atoms with Crippen molar-refractivity contribution in [3.05, 3.63) is 52.4 Å². The number of nitrogens with zero attached hydrogens (tertiary/aromatic N) is 4. The molecule has 1 aliphatic carbocycles. The number of benzene rings is 1. The molecule has 6 heteroatoms. The van der Waals surface area contributed by atoms with Crippen molar-refractivity contribution in [3.8, 4) is 23.0 Å². The zero-order valence-electron chi connectivity index (χ0n) is 20.2. The number of rotatable bonds is 7. The van der Waals surface area contributed by atoms with Crippen LogP contribution in [0.2, 0.25) is 0 Å². The molecule has 0 saturated heterocycles. The molecule has 0 unspecified atom stereocenters. The Balaban J connectivity index is 1.59. The molecule has 0 atom stereocenters. The van der Waals surface area contributed by atoms with Gasteiger partial charge in [0.1, 0.15) is 0 Å². The van der Waals surface area contributed by atoms with Crippen molar-refractivity contribution < 1.29 is 9.26 Å². The molecule has 32 heavy (non-hydrogen) atoms. The first-order valence-electron chi connectivity index (χ1n) is 11.5. The average Bonchev–Trinajstić information content (AvgIpc) is 3.32. The van der Waals surface area contributed by atoms with E-state index < -0.39 is 0 Å². The number of hydrogen-bond acceptors (Lipinski definition) is 5. The van der Waals surface area contributed by atoms with Crippen LogP contribution in [0.5, 0.6) is 0 Å². The molecule has 0 saturated carbocycles. The van der Waals surface area contributed by atoms with Crippen molar-refractivity contribution >= 4 is 0 Å². The Labute approximate surface area is 190 Å². The fraction of sp³-hybridized carbons (Fsp3) is 0.500. The van der Waals surface area contributed by atoms with Crippen LogP contribution in [0, 0.1) is 19.3 Å². The molecule has 3 aromatic rings. The summed E-state index contributed by atoms with van der Waals surface area (Å²) in [6, 6.07) is 4.27. The summed E-state index contributed by atoms with van der Waals surface area (Å²) in [7, 11) is 2.01. The molecule has 0 radical (unpaired) electrons. The van der Waals surface area contributed by atoms with Crippen LogP contribution in [0.1, 0.15) is 61.6 Å². The predicted octanol–water partition coefficient (Wildman–Crippen LogP) is 5.75. The quantitative estimate of drug-likeness (QED) is 0.443. The second kappa shape index (κ2) is 8.57. The summed E-state index contributed by atoms with van der Waals surface area (Å²) >= 11 is 0. The normalized spacial score (nSPS) is 14.9. The summed E-state index contributed by atoms with van der Waals surface area (Å²) in [5.74, 6) is 1.94. The molecule has 0 bridgehead atoms. The third kappa shape index (κ3) is 4.36. The third-order valence-electron chi connectivity index (χ3n) is 6.56. The van der Waals surface area contributed by atoms with Crippen LogP contribution < -0.4 is 0 Å². The van der Waals surface area contributed by atoms with Crippen LogP contribution in [0.25, 0.3) is 23.0 Å². The van der Waals surface area contributed by atoms with Crippen LogP contribution in [-0.4, -0.2) is 26.5 Å². The Morgan fingerprint density at radius 3 is 2.66 bits per heavy atom. The average molecular weight is 435 g/mol. The lowest BCUT2D eigenvalue weighted by atomic mass is 9.76. The van der Waals surface area contributed by atoms with Gasteiger partial charge in [-0.2, -0.15) is 10.1 Å². The zero-order valence-corrected chi connectivity index (χ0v) is 20.2. The predicted molar refractivity (Wildman–Crippen MR) is 126 cm³/mol. The molecule has 2 aromatic heterocycles. The highest BCUT2D eigenvalue weighted by molar-refractivity contribution is 5.63. The number of aryl methyl sites for hydroxylation is 3. The van der Waals surface area contributed by atoms with Gasteiger partial charge in [-0.25, -0.2) is 0 Å². The summed E-state index contributed by atoms with van der Waals surface area (Å²) in [5, 5.41) is 9.03. The van der Waals surface area contributed by atoms with Crippen LogP contribution >= 0.6 is 0 Å². The molecule has 1 aromatic carbocycles. The number of allylic oxidation sites excluding steroid dienone is 1. The van der Waals surface area contributed by atoms with E-state index in [1.807, 2.05) is 18.7 Å². The molecule has 6 nitrogen and oxygen atoms in total. The van der Waals surface area contributed by atoms with Gasteiger partial charge in [0, 0.05) is 30.3 Å². The fourth-order valence-electron chi connectivity index (χ4n) is 4.76. The number of hydrogen-bond donors (Lipinski definition) is 0. The van der Waals surface area contributed by atoms with Crippen molar-refractivity contribution in [3.63, 3.8) is 0 Å². The Kier molecular flexibility index (Phi) is 5.97. The molecule has 4 rings (SSSR count). The lowest BCUT2D eigenvalue weighted by molar-refractivity contribution is 0.220. The lowest BCUT2D eigenvalue weighted by Crippen LogP contribution is -2.23. The van der Waals surface area contributed by atoms with Crippen molar-refractivity contribution in [1.29, 1.82) is 0 Å². The minimum Gasteiger partial charge on any atom is -0.499 e. The Bertz CT molecular complexity index is 1130. The van der Waals surface area contributed by atoms with Crippen molar-refractivity contribution in [2.24, 2.45) is 12.5 Å². The summed E-state index contributed by atoms with van der Waals surface area (Å²) in [5.41, 5.74) is 8.37. The maximum absolute atomic E-state index is 5.69. The minimum absolute atomic E-state index is 0.296. The van der Waals surface area contributed by atoms with E-state index >= 15 is 0 Å². The van der Waals surface area contributed by atoms with Crippen LogP contribution in [0.4, 0.5) is 0 Å². The molecule has 1 aliphatic rings. The van der Waals surface area contributed by atoms with Gasteiger partial charge in [-0.05, 0) is 80.7 Å². The van der Waals surface area contributed by atoms with E-state index in [0.29, 0.717) is 23.7 Å². The van der Waals surface area contributed by atoms with E-state index in [0.717, 1.165) is 49.1 Å². The highest BCUT2D eigenvalue weighted by Crippen LogP contribution is 2.38. The van der Waals surface area contributed by atoms with Gasteiger partial charge in [0.15, 0.2) is 5.69 Å². The lowest BCUT2D eigenvalue weighted by Gasteiger charge is -2.29. The van der Waals surface area contributed by atoms with Gasteiger partial charge in [-0.3, -0.25) is 4.68 Å². The van der Waals surface area contributed by atoms with Gasteiger partial charge in [0.25, 0.3) is 5.89 Å². The van der Waals surface area contributed by atoms with Crippen molar-refractivity contribution in [2.45, 2.75) is 66.7 Å². The topological polar surface area (TPSA) is 66.0 Å². The van der Waals surface area contributed by atoms with Crippen molar-refractivity contribution in [1.82, 2.24) is 19.9 Å². The molecule has 2 heterocycles. The molecule has 0 fully saturated rings. The van der Waals surface area contributed by atoms with Gasteiger partial charge in [-0.15, -0.1) is 0 Å². The highest BCUT2D eigenvalue weighted by atomic mass is 16.5. The highest BCUT2D eigenvalue weighted by Gasteiger charge is 2.32. The Morgan fingerprint density at radius 2 is 1.97 bits per heavy atom. The molecular weight excluding hydrogens is 400 g/mol. The summed E-state index contributed by atoms with van der Waals surface area (Å²) in [4.78, 5) is 4.73. The minimum atomic E-state index is 0.296. The smallest absolute Gasteiger partial charge is 0.279 e. The number of ether oxygens (including phenoxy) is 1. The SMILES string of the molecule is C=C(CCc1c(C)cc(-c2noc(-c3nn(C)c4c3CCC(C)(C)C4)n2)cc1C)OCC. The Morgan fingerprint density at radius 1 is 1.25 bits per heavy atom. The molecular formula is C26H34N4O2. The van der Waals surface area contributed by atoms with Crippen LogP contribution in [-0.2, 0) is 31.0 Å². The third-order valence-corrected chi connectivity index (χ3v) is 6.56. The first-order chi connectivity index (χ1) is 15.2. The largest absolute Gasteiger partial charge is 0.499 e. The molecule has 0 spiro atoms. The second-order valence-corrected chi connectivity index (χ2v) is 9.72. The van der Waals surface area contributed by atoms with E-state index in [1.54, 1.807) is 0 Å². The standard InChI is InChI=1S/C26H34N4O2/c1-8-31-18(4)9-10-20-16(2)13-19(14-17(20)3)24-27-25(32-29-24)23-21-11-12-26(5,6)15-22(21)30(7)28-23/h13-14H,4,8-12,15H2,1-3,5-7H3.